The van der Waals surface area contributed by atoms with Gasteiger partial charge in [0.15, 0.2) is 11.5 Å². The minimum absolute atomic E-state index is 0.362. The number of hydrogen-bond donors (Lipinski definition) is 0. The van der Waals surface area contributed by atoms with Crippen molar-refractivity contribution < 1.29 is 18.7 Å². The molecule has 0 radical (unpaired) electrons. The van der Waals surface area contributed by atoms with Crippen LogP contribution in [-0.4, -0.2) is 20.5 Å². The van der Waals surface area contributed by atoms with Crippen LogP contribution in [0.5, 0.6) is 11.5 Å². The van der Waals surface area contributed by atoms with Gasteiger partial charge in [-0.3, -0.25) is 4.79 Å². The van der Waals surface area contributed by atoms with Gasteiger partial charge in [0.25, 0.3) is 0 Å². The van der Waals surface area contributed by atoms with Gasteiger partial charge in [-0.2, -0.15) is 0 Å². The molecular formula is C15H13FO3. The van der Waals surface area contributed by atoms with E-state index in [1.165, 1.54) is 20.3 Å². The van der Waals surface area contributed by atoms with Crippen LogP contribution in [0.1, 0.15) is 10.4 Å². The molecule has 0 saturated carbocycles. The lowest BCUT2D eigenvalue weighted by Crippen LogP contribution is -1.97. The molecule has 0 spiro atoms. The zero-order valence-corrected chi connectivity index (χ0v) is 10.6. The van der Waals surface area contributed by atoms with Crippen molar-refractivity contribution in [2.45, 2.75) is 0 Å². The third kappa shape index (κ3) is 2.42. The molecule has 0 N–H and O–H groups in total. The maximum absolute atomic E-state index is 13.9. The monoisotopic (exact) mass is 260 g/mol. The van der Waals surface area contributed by atoms with E-state index >= 15 is 0 Å². The van der Waals surface area contributed by atoms with E-state index in [0.29, 0.717) is 34.5 Å². The molecule has 2 aromatic carbocycles. The molecule has 0 saturated heterocycles. The fourth-order valence-electron chi connectivity index (χ4n) is 1.93. The summed E-state index contributed by atoms with van der Waals surface area (Å²) in [6, 6.07) is 9.43. The van der Waals surface area contributed by atoms with Crippen LogP contribution in [0.25, 0.3) is 11.1 Å². The standard InChI is InChI=1S/C15H13FO3/c1-18-14-8-10(9-17)7-12(15(14)19-2)11-5-3-4-6-13(11)16/h3-9H,1-2H3. The van der Waals surface area contributed by atoms with Gasteiger partial charge < -0.3 is 9.47 Å². The van der Waals surface area contributed by atoms with E-state index < -0.39 is 0 Å². The number of aldehydes is 1. The number of hydrogen-bond acceptors (Lipinski definition) is 3. The van der Waals surface area contributed by atoms with Crippen LogP contribution in [-0.2, 0) is 0 Å². The van der Waals surface area contributed by atoms with Gasteiger partial charge in [-0.1, -0.05) is 18.2 Å². The summed E-state index contributed by atoms with van der Waals surface area (Å²) in [7, 11) is 2.94. The smallest absolute Gasteiger partial charge is 0.168 e. The van der Waals surface area contributed by atoms with Crippen molar-refractivity contribution in [2.24, 2.45) is 0 Å². The first-order valence-electron chi connectivity index (χ1n) is 5.67. The van der Waals surface area contributed by atoms with Crippen LogP contribution in [0.15, 0.2) is 36.4 Å². The van der Waals surface area contributed by atoms with Crippen LogP contribution in [0.4, 0.5) is 4.39 Å². The predicted octanol–water partition coefficient (Wildman–Crippen LogP) is 3.32. The average Bonchev–Trinajstić information content (AvgIpc) is 2.46. The number of carbonyl (C=O) groups is 1. The molecule has 0 aliphatic heterocycles. The minimum atomic E-state index is -0.383. The lowest BCUT2D eigenvalue weighted by molar-refractivity contribution is 0.112. The van der Waals surface area contributed by atoms with Crippen molar-refractivity contribution in [2.75, 3.05) is 14.2 Å². The fourth-order valence-corrected chi connectivity index (χ4v) is 1.93. The molecule has 0 amide bonds. The molecule has 2 aromatic rings. The topological polar surface area (TPSA) is 35.5 Å². The van der Waals surface area contributed by atoms with Crippen molar-refractivity contribution in [3.63, 3.8) is 0 Å². The van der Waals surface area contributed by atoms with E-state index in [1.54, 1.807) is 30.3 Å². The Hall–Kier alpha value is -2.36. The van der Waals surface area contributed by atoms with Gasteiger partial charge in [0.05, 0.1) is 14.2 Å². The molecule has 0 aromatic heterocycles. The molecule has 3 nitrogen and oxygen atoms in total. The fraction of sp³-hybridized carbons (Fsp3) is 0.133. The predicted molar refractivity (Wildman–Crippen MR) is 70.3 cm³/mol. The van der Waals surface area contributed by atoms with Gasteiger partial charge in [-0.05, 0) is 18.2 Å². The second-order valence-electron chi connectivity index (χ2n) is 3.90. The van der Waals surface area contributed by atoms with E-state index in [0.717, 1.165) is 0 Å². The van der Waals surface area contributed by atoms with E-state index in [1.807, 2.05) is 0 Å². The van der Waals surface area contributed by atoms with Crippen LogP contribution in [0.2, 0.25) is 0 Å². The highest BCUT2D eigenvalue weighted by Crippen LogP contribution is 2.39. The van der Waals surface area contributed by atoms with E-state index in [2.05, 4.69) is 0 Å². The van der Waals surface area contributed by atoms with Crippen molar-refractivity contribution in [3.8, 4) is 22.6 Å². The van der Waals surface area contributed by atoms with Gasteiger partial charge >= 0.3 is 0 Å². The third-order valence-corrected chi connectivity index (χ3v) is 2.80. The number of rotatable bonds is 4. The Bertz CT molecular complexity index is 608. The van der Waals surface area contributed by atoms with E-state index in [4.69, 9.17) is 9.47 Å². The molecule has 2 rings (SSSR count). The summed E-state index contributed by atoms with van der Waals surface area (Å²) in [5.41, 5.74) is 1.25. The van der Waals surface area contributed by atoms with Gasteiger partial charge in [-0.25, -0.2) is 4.39 Å². The van der Waals surface area contributed by atoms with Crippen molar-refractivity contribution in [1.82, 2.24) is 0 Å². The highest BCUT2D eigenvalue weighted by molar-refractivity contribution is 5.84. The van der Waals surface area contributed by atoms with E-state index in [-0.39, 0.29) is 5.82 Å². The Labute approximate surface area is 110 Å². The Balaban J connectivity index is 2.74. The Morgan fingerprint density at radius 1 is 1.05 bits per heavy atom. The summed E-state index contributed by atoms with van der Waals surface area (Å²) >= 11 is 0. The summed E-state index contributed by atoms with van der Waals surface area (Å²) in [6.07, 6.45) is 0.687. The Morgan fingerprint density at radius 2 is 1.79 bits per heavy atom. The van der Waals surface area contributed by atoms with Crippen molar-refractivity contribution in [3.05, 3.63) is 47.8 Å². The van der Waals surface area contributed by atoms with E-state index in [9.17, 15) is 9.18 Å². The van der Waals surface area contributed by atoms with Crippen molar-refractivity contribution >= 4 is 6.29 Å². The highest BCUT2D eigenvalue weighted by Gasteiger charge is 2.16. The Morgan fingerprint density at radius 3 is 2.37 bits per heavy atom. The largest absolute Gasteiger partial charge is 0.493 e. The van der Waals surface area contributed by atoms with Gasteiger partial charge in [-0.15, -0.1) is 0 Å². The summed E-state index contributed by atoms with van der Waals surface area (Å²) < 4.78 is 24.3. The zero-order valence-electron chi connectivity index (χ0n) is 10.6. The molecule has 0 fully saturated rings. The normalized spacial score (nSPS) is 10.1. The van der Waals surface area contributed by atoms with Gasteiger partial charge in [0.1, 0.15) is 12.1 Å². The van der Waals surface area contributed by atoms with Crippen LogP contribution >= 0.6 is 0 Å². The molecule has 0 bridgehead atoms. The summed E-state index contributed by atoms with van der Waals surface area (Å²) in [6.45, 7) is 0. The molecule has 0 atom stereocenters. The molecule has 0 aliphatic rings. The molecule has 0 unspecified atom stereocenters. The second kappa shape index (κ2) is 5.52. The first-order chi connectivity index (χ1) is 9.21. The third-order valence-electron chi connectivity index (χ3n) is 2.80. The summed E-state index contributed by atoms with van der Waals surface area (Å²) in [4.78, 5) is 11.0. The van der Waals surface area contributed by atoms with Crippen LogP contribution < -0.4 is 9.47 Å². The number of ether oxygens (including phenoxy) is 2. The van der Waals surface area contributed by atoms with Crippen LogP contribution in [0.3, 0.4) is 0 Å². The quantitative estimate of drug-likeness (QED) is 0.791. The van der Waals surface area contributed by atoms with Crippen LogP contribution in [0, 0.1) is 5.82 Å². The highest BCUT2D eigenvalue weighted by atomic mass is 19.1. The molecular weight excluding hydrogens is 247 g/mol. The molecule has 0 aliphatic carbocycles. The molecule has 0 heterocycles. The summed E-state index contributed by atoms with van der Waals surface area (Å²) in [5, 5.41) is 0. The second-order valence-corrected chi connectivity index (χ2v) is 3.90. The number of methoxy groups -OCH3 is 2. The maximum Gasteiger partial charge on any atom is 0.168 e. The first kappa shape index (κ1) is 13.1. The van der Waals surface area contributed by atoms with Gasteiger partial charge in [0, 0.05) is 16.7 Å². The molecule has 98 valence electrons. The first-order valence-corrected chi connectivity index (χ1v) is 5.67. The maximum atomic E-state index is 13.9. The molecule has 19 heavy (non-hydrogen) atoms. The van der Waals surface area contributed by atoms with Crippen molar-refractivity contribution in [1.29, 1.82) is 0 Å². The summed E-state index contributed by atoms with van der Waals surface area (Å²) in [5.74, 6) is 0.412. The number of carbonyl (C=O) groups excluding carboxylic acids is 1. The number of halogens is 1. The minimum Gasteiger partial charge on any atom is -0.493 e. The van der Waals surface area contributed by atoms with Gasteiger partial charge in [0.2, 0.25) is 0 Å². The number of benzene rings is 2. The average molecular weight is 260 g/mol. The lowest BCUT2D eigenvalue weighted by atomic mass is 10.0. The zero-order chi connectivity index (χ0) is 13.8. The SMILES string of the molecule is COc1cc(C=O)cc(-c2ccccc2F)c1OC. The molecule has 4 heteroatoms. The Kier molecular flexibility index (Phi) is 3.80. The lowest BCUT2D eigenvalue weighted by Gasteiger charge is -2.14.